The van der Waals surface area contributed by atoms with Crippen LogP contribution >= 0.6 is 0 Å². The molecule has 288 valence electrons. The molecule has 1 aromatic heterocycles. The number of furan rings is 1. The van der Waals surface area contributed by atoms with E-state index < -0.39 is 0 Å². The van der Waals surface area contributed by atoms with Crippen LogP contribution in [0.3, 0.4) is 0 Å². The number of benzene rings is 10. The van der Waals surface area contributed by atoms with Gasteiger partial charge in [0.2, 0.25) is 0 Å². The zero-order valence-electron chi connectivity index (χ0n) is 34.1. The first-order chi connectivity index (χ1) is 30.0. The molecule has 12 rings (SSSR count). The van der Waals surface area contributed by atoms with Gasteiger partial charge in [-0.15, -0.1) is 0 Å². The van der Waals surface area contributed by atoms with Crippen LogP contribution in [0.2, 0.25) is 0 Å². The number of anilines is 3. The van der Waals surface area contributed by atoms with Crippen molar-refractivity contribution in [2.75, 3.05) is 4.90 Å². The third kappa shape index (κ3) is 5.56. The van der Waals surface area contributed by atoms with Gasteiger partial charge in [0.25, 0.3) is 0 Å². The summed E-state index contributed by atoms with van der Waals surface area (Å²) in [6, 6.07) is 77.3. The Morgan fingerprint density at radius 2 is 0.902 bits per heavy atom. The monoisotopic (exact) mass is 779 g/mol. The van der Waals surface area contributed by atoms with Gasteiger partial charge < -0.3 is 9.32 Å². The van der Waals surface area contributed by atoms with Crippen molar-refractivity contribution in [2.24, 2.45) is 0 Å². The summed E-state index contributed by atoms with van der Waals surface area (Å²) in [5.41, 5.74) is 17.3. The zero-order valence-corrected chi connectivity index (χ0v) is 34.1. The molecule has 0 fully saturated rings. The molecule has 0 aliphatic heterocycles. The van der Waals surface area contributed by atoms with Gasteiger partial charge in [-0.1, -0.05) is 178 Å². The van der Waals surface area contributed by atoms with Crippen LogP contribution < -0.4 is 4.90 Å². The van der Waals surface area contributed by atoms with Gasteiger partial charge in [-0.2, -0.15) is 0 Å². The Balaban J connectivity index is 1.06. The lowest BCUT2D eigenvalue weighted by atomic mass is 9.82. The van der Waals surface area contributed by atoms with Crippen LogP contribution in [0.5, 0.6) is 0 Å². The van der Waals surface area contributed by atoms with Gasteiger partial charge in [-0.05, 0) is 115 Å². The second-order valence-electron chi connectivity index (χ2n) is 16.9. The van der Waals surface area contributed by atoms with Crippen LogP contribution in [0.15, 0.2) is 217 Å². The van der Waals surface area contributed by atoms with E-state index in [1.165, 1.54) is 49.5 Å². The van der Waals surface area contributed by atoms with Crippen LogP contribution in [0.1, 0.15) is 25.0 Å². The van der Waals surface area contributed by atoms with E-state index in [9.17, 15) is 0 Å². The Hall–Kier alpha value is -7.68. The minimum Gasteiger partial charge on any atom is -0.455 e. The minimum absolute atomic E-state index is 0.114. The third-order valence-corrected chi connectivity index (χ3v) is 13.0. The van der Waals surface area contributed by atoms with Crippen LogP contribution in [-0.4, -0.2) is 0 Å². The van der Waals surface area contributed by atoms with E-state index in [2.05, 4.69) is 231 Å². The van der Waals surface area contributed by atoms with E-state index in [1.807, 2.05) is 0 Å². The fourth-order valence-electron chi connectivity index (χ4n) is 10.0. The van der Waals surface area contributed by atoms with E-state index in [4.69, 9.17) is 4.42 Å². The van der Waals surface area contributed by atoms with Crippen molar-refractivity contribution in [3.05, 3.63) is 223 Å². The molecular weight excluding hydrogens is 739 g/mol. The summed E-state index contributed by atoms with van der Waals surface area (Å²) >= 11 is 0. The minimum atomic E-state index is -0.114. The average molecular weight is 780 g/mol. The van der Waals surface area contributed by atoms with E-state index in [0.29, 0.717) is 0 Å². The normalized spacial score (nSPS) is 12.9. The number of fused-ring (bicyclic) bond motifs is 9. The molecule has 0 spiro atoms. The summed E-state index contributed by atoms with van der Waals surface area (Å²) in [4.78, 5) is 2.41. The van der Waals surface area contributed by atoms with Crippen molar-refractivity contribution in [3.63, 3.8) is 0 Å². The predicted octanol–water partition coefficient (Wildman–Crippen LogP) is 16.7. The van der Waals surface area contributed by atoms with Gasteiger partial charge in [-0.3, -0.25) is 0 Å². The van der Waals surface area contributed by atoms with E-state index in [0.717, 1.165) is 66.6 Å². The molecule has 1 aliphatic carbocycles. The lowest BCUT2D eigenvalue weighted by Gasteiger charge is -2.28. The fraction of sp³-hybridized carbons (Fsp3) is 0.0508. The SMILES string of the molecule is CC1(C)c2ccccc2-c2ccc(N(c3ccc(-c4ccc(-c5ccccc5)c5oc6c7ccccc7c(-c7ccccc7)cc6c45)cc3)c3ccc4ccccc4c3)cc21. The van der Waals surface area contributed by atoms with E-state index in [-0.39, 0.29) is 5.41 Å². The maximum Gasteiger partial charge on any atom is 0.143 e. The lowest BCUT2D eigenvalue weighted by Crippen LogP contribution is -2.16. The van der Waals surface area contributed by atoms with Crippen molar-refractivity contribution in [1.82, 2.24) is 0 Å². The van der Waals surface area contributed by atoms with Gasteiger partial charge in [0.1, 0.15) is 11.2 Å². The molecular formula is C59H41NO. The van der Waals surface area contributed by atoms with Crippen LogP contribution in [0.25, 0.3) is 88.0 Å². The van der Waals surface area contributed by atoms with Crippen molar-refractivity contribution in [1.29, 1.82) is 0 Å². The topological polar surface area (TPSA) is 16.4 Å². The number of hydrogen-bond donors (Lipinski definition) is 0. The second-order valence-corrected chi connectivity index (χ2v) is 16.9. The molecule has 11 aromatic rings. The molecule has 0 bridgehead atoms. The Morgan fingerprint density at radius 1 is 0.344 bits per heavy atom. The van der Waals surface area contributed by atoms with Crippen molar-refractivity contribution in [2.45, 2.75) is 19.3 Å². The molecule has 61 heavy (non-hydrogen) atoms. The van der Waals surface area contributed by atoms with Gasteiger partial charge in [0.05, 0.1) is 0 Å². The summed E-state index contributed by atoms with van der Waals surface area (Å²) in [5.74, 6) is 0. The van der Waals surface area contributed by atoms with Gasteiger partial charge >= 0.3 is 0 Å². The third-order valence-electron chi connectivity index (χ3n) is 13.0. The summed E-state index contributed by atoms with van der Waals surface area (Å²) in [7, 11) is 0. The average Bonchev–Trinajstić information content (AvgIpc) is 3.82. The van der Waals surface area contributed by atoms with Gasteiger partial charge in [-0.25, -0.2) is 0 Å². The fourth-order valence-corrected chi connectivity index (χ4v) is 10.0. The second kappa shape index (κ2) is 13.7. The maximum atomic E-state index is 7.09. The standard InChI is InChI=1S/C59H41NO/c1-59(2)54-24-14-13-22-49(54)50-32-31-45(36-55(50)59)60(44-30-25-38-15-9-10-20-42(38)35-44)43-28-26-41(27-29-43)46-33-34-47(39-16-5-3-6-17-39)58-56(46)53-37-52(40-18-7-4-8-19-40)48-21-11-12-23-51(48)57(53)61-58/h3-37H,1-2H3. The Morgan fingerprint density at radius 3 is 1.69 bits per heavy atom. The number of hydrogen-bond acceptors (Lipinski definition) is 2. The van der Waals surface area contributed by atoms with E-state index >= 15 is 0 Å². The molecule has 0 N–H and O–H groups in total. The molecule has 0 atom stereocenters. The van der Waals surface area contributed by atoms with E-state index in [1.54, 1.807) is 0 Å². The molecule has 2 heteroatoms. The quantitative estimate of drug-likeness (QED) is 0.167. The summed E-state index contributed by atoms with van der Waals surface area (Å²) in [6.07, 6.45) is 0. The molecule has 0 radical (unpaired) electrons. The molecule has 0 amide bonds. The van der Waals surface area contributed by atoms with Crippen molar-refractivity contribution in [3.8, 4) is 44.5 Å². The lowest BCUT2D eigenvalue weighted by molar-refractivity contribution is 0.660. The smallest absolute Gasteiger partial charge is 0.143 e. The van der Waals surface area contributed by atoms with Crippen molar-refractivity contribution < 1.29 is 4.42 Å². The number of rotatable bonds is 6. The molecule has 0 unspecified atom stereocenters. The maximum absolute atomic E-state index is 7.09. The zero-order chi connectivity index (χ0) is 40.7. The summed E-state index contributed by atoms with van der Waals surface area (Å²) in [5, 5.41) is 6.97. The highest BCUT2D eigenvalue weighted by Gasteiger charge is 2.35. The molecule has 10 aromatic carbocycles. The molecule has 1 aliphatic rings. The summed E-state index contributed by atoms with van der Waals surface area (Å²) < 4.78 is 7.09. The highest BCUT2D eigenvalue weighted by Crippen LogP contribution is 2.51. The van der Waals surface area contributed by atoms with Gasteiger partial charge in [0.15, 0.2) is 0 Å². The van der Waals surface area contributed by atoms with Crippen LogP contribution in [0.4, 0.5) is 17.1 Å². The molecule has 0 saturated heterocycles. The Labute approximate surface area is 355 Å². The molecule has 0 saturated carbocycles. The largest absolute Gasteiger partial charge is 0.455 e. The summed E-state index contributed by atoms with van der Waals surface area (Å²) in [6.45, 7) is 4.71. The van der Waals surface area contributed by atoms with Crippen LogP contribution in [0, 0.1) is 0 Å². The Bertz CT molecular complexity index is 3490. The Kier molecular flexibility index (Phi) is 7.92. The highest BCUT2D eigenvalue weighted by atomic mass is 16.3. The first-order valence-electron chi connectivity index (χ1n) is 21.2. The molecule has 2 nitrogen and oxygen atoms in total. The van der Waals surface area contributed by atoms with Crippen LogP contribution in [-0.2, 0) is 5.41 Å². The van der Waals surface area contributed by atoms with Gasteiger partial charge in [0, 0.05) is 44.2 Å². The first kappa shape index (κ1) is 35.3. The van der Waals surface area contributed by atoms with Crippen molar-refractivity contribution >= 4 is 60.5 Å². The highest BCUT2D eigenvalue weighted by molar-refractivity contribution is 6.24. The first-order valence-corrected chi connectivity index (χ1v) is 21.2. The predicted molar refractivity (Wildman–Crippen MR) is 257 cm³/mol. The number of nitrogens with zero attached hydrogens (tertiary/aromatic N) is 1. The molecule has 1 heterocycles.